The van der Waals surface area contributed by atoms with Gasteiger partial charge in [-0.15, -0.1) is 0 Å². The summed E-state index contributed by atoms with van der Waals surface area (Å²) in [6, 6.07) is 6.54. The van der Waals surface area contributed by atoms with E-state index in [2.05, 4.69) is 11.4 Å². The summed E-state index contributed by atoms with van der Waals surface area (Å²) in [6.45, 7) is 1.94. The van der Waals surface area contributed by atoms with Crippen molar-refractivity contribution in [2.75, 3.05) is 5.32 Å². The van der Waals surface area contributed by atoms with Gasteiger partial charge in [-0.25, -0.2) is 0 Å². The number of benzene rings is 1. The van der Waals surface area contributed by atoms with Crippen molar-refractivity contribution in [3.8, 4) is 5.75 Å². The Morgan fingerprint density at radius 1 is 1.05 bits per heavy atom. The van der Waals surface area contributed by atoms with Crippen LogP contribution in [0.1, 0.15) is 50.5 Å². The molecule has 0 spiro atoms. The number of rotatable bonds is 2. The summed E-state index contributed by atoms with van der Waals surface area (Å²) < 4.78 is 0. The van der Waals surface area contributed by atoms with E-state index < -0.39 is 0 Å². The lowest BCUT2D eigenvalue weighted by Crippen LogP contribution is -2.34. The zero-order valence-corrected chi connectivity index (χ0v) is 11.9. The van der Waals surface area contributed by atoms with Crippen LogP contribution in [0, 0.1) is 18.8 Å². The van der Waals surface area contributed by atoms with Gasteiger partial charge in [-0.2, -0.15) is 0 Å². The predicted octanol–water partition coefficient (Wildman–Crippen LogP) is 4.47. The number of anilines is 1. The van der Waals surface area contributed by atoms with E-state index in [0.717, 1.165) is 23.1 Å². The molecule has 1 aromatic rings. The van der Waals surface area contributed by atoms with Crippen molar-refractivity contribution < 1.29 is 5.11 Å². The number of phenols is 1. The molecule has 3 atom stereocenters. The van der Waals surface area contributed by atoms with Crippen molar-refractivity contribution in [3.05, 3.63) is 23.8 Å². The fraction of sp³-hybridized carbons (Fsp3) is 0.647. The summed E-state index contributed by atoms with van der Waals surface area (Å²) in [6.07, 6.45) is 9.77. The molecule has 2 fully saturated rings. The number of hydrogen-bond acceptors (Lipinski definition) is 2. The molecule has 0 bridgehead atoms. The molecular formula is C17H25NO. The van der Waals surface area contributed by atoms with Gasteiger partial charge in [0.15, 0.2) is 0 Å². The van der Waals surface area contributed by atoms with Crippen LogP contribution in [0.25, 0.3) is 0 Å². The first-order chi connectivity index (χ1) is 9.22. The largest absolute Gasteiger partial charge is 0.508 e. The summed E-state index contributed by atoms with van der Waals surface area (Å²) >= 11 is 0. The lowest BCUT2D eigenvalue weighted by atomic mass is 9.69. The van der Waals surface area contributed by atoms with Gasteiger partial charge in [0.05, 0.1) is 0 Å². The van der Waals surface area contributed by atoms with Gasteiger partial charge in [0.2, 0.25) is 0 Å². The second kappa shape index (κ2) is 5.44. The maximum absolute atomic E-state index is 9.78. The zero-order chi connectivity index (χ0) is 13.2. The summed E-state index contributed by atoms with van der Waals surface area (Å²) in [7, 11) is 0. The Kier molecular flexibility index (Phi) is 3.67. The summed E-state index contributed by atoms with van der Waals surface area (Å²) in [5, 5.41) is 13.4. The fourth-order valence-electron chi connectivity index (χ4n) is 3.94. The Bertz CT molecular complexity index is 443. The van der Waals surface area contributed by atoms with Gasteiger partial charge in [-0.05, 0) is 49.7 Å². The van der Waals surface area contributed by atoms with Gasteiger partial charge in [0, 0.05) is 17.8 Å². The topological polar surface area (TPSA) is 32.3 Å². The Morgan fingerprint density at radius 3 is 2.63 bits per heavy atom. The molecule has 19 heavy (non-hydrogen) atoms. The molecule has 0 radical (unpaired) electrons. The minimum atomic E-state index is 0.399. The normalized spacial score (nSPS) is 30.7. The quantitative estimate of drug-likeness (QED) is 0.821. The molecule has 3 rings (SSSR count). The van der Waals surface area contributed by atoms with Crippen LogP contribution >= 0.6 is 0 Å². The summed E-state index contributed by atoms with van der Waals surface area (Å²) in [5.41, 5.74) is 2.02. The third-order valence-corrected chi connectivity index (χ3v) is 5.12. The average molecular weight is 259 g/mol. The third kappa shape index (κ3) is 2.88. The van der Waals surface area contributed by atoms with Gasteiger partial charge in [0.25, 0.3) is 0 Å². The van der Waals surface area contributed by atoms with Crippen LogP contribution < -0.4 is 5.32 Å². The van der Waals surface area contributed by atoms with Crippen LogP contribution in [-0.4, -0.2) is 11.1 Å². The molecule has 104 valence electrons. The number of nitrogens with one attached hydrogen (secondary N) is 1. The lowest BCUT2D eigenvalue weighted by Gasteiger charge is -2.39. The Balaban J connectivity index is 1.62. The first-order valence-electron chi connectivity index (χ1n) is 7.78. The SMILES string of the molecule is Cc1ccc(NC2CCC3CCCCC3C2)cc1O. The molecule has 0 heterocycles. The molecule has 0 aliphatic heterocycles. The van der Waals surface area contributed by atoms with Crippen molar-refractivity contribution in [1.82, 2.24) is 0 Å². The second-order valence-corrected chi connectivity index (χ2v) is 6.46. The Morgan fingerprint density at radius 2 is 1.84 bits per heavy atom. The van der Waals surface area contributed by atoms with Crippen LogP contribution in [-0.2, 0) is 0 Å². The first-order valence-corrected chi connectivity index (χ1v) is 7.78. The average Bonchev–Trinajstić information content (AvgIpc) is 2.43. The highest BCUT2D eigenvalue weighted by atomic mass is 16.3. The second-order valence-electron chi connectivity index (χ2n) is 6.46. The maximum Gasteiger partial charge on any atom is 0.120 e. The van der Waals surface area contributed by atoms with Crippen molar-refractivity contribution in [2.45, 2.75) is 57.9 Å². The number of phenolic OH excluding ortho intramolecular Hbond substituents is 1. The molecule has 2 nitrogen and oxygen atoms in total. The number of aryl methyl sites for hydroxylation is 1. The lowest BCUT2D eigenvalue weighted by molar-refractivity contribution is 0.162. The van der Waals surface area contributed by atoms with Gasteiger partial charge in [-0.1, -0.05) is 31.7 Å². The highest BCUT2D eigenvalue weighted by molar-refractivity contribution is 5.51. The van der Waals surface area contributed by atoms with Gasteiger partial charge in [0.1, 0.15) is 5.75 Å². The molecule has 0 saturated heterocycles. The van der Waals surface area contributed by atoms with E-state index in [1.807, 2.05) is 19.1 Å². The highest BCUT2D eigenvalue weighted by Gasteiger charge is 2.31. The molecule has 2 heteroatoms. The van der Waals surface area contributed by atoms with Gasteiger partial charge < -0.3 is 10.4 Å². The van der Waals surface area contributed by atoms with Crippen molar-refractivity contribution in [3.63, 3.8) is 0 Å². The van der Waals surface area contributed by atoms with E-state index >= 15 is 0 Å². The first kappa shape index (κ1) is 12.8. The van der Waals surface area contributed by atoms with Crippen molar-refractivity contribution in [2.24, 2.45) is 11.8 Å². The number of fused-ring (bicyclic) bond motifs is 1. The van der Waals surface area contributed by atoms with Crippen molar-refractivity contribution >= 4 is 5.69 Å². The van der Waals surface area contributed by atoms with Gasteiger partial charge >= 0.3 is 0 Å². The van der Waals surface area contributed by atoms with Crippen LogP contribution in [0.15, 0.2) is 18.2 Å². The molecule has 2 aliphatic carbocycles. The zero-order valence-electron chi connectivity index (χ0n) is 11.9. The molecule has 2 aliphatic rings. The Labute approximate surface area is 116 Å². The monoisotopic (exact) mass is 259 g/mol. The van der Waals surface area contributed by atoms with Crippen LogP contribution in [0.5, 0.6) is 5.75 Å². The minimum Gasteiger partial charge on any atom is -0.508 e. The summed E-state index contributed by atoms with van der Waals surface area (Å²) in [5.74, 6) is 2.34. The minimum absolute atomic E-state index is 0.399. The van der Waals surface area contributed by atoms with E-state index in [-0.39, 0.29) is 0 Å². The smallest absolute Gasteiger partial charge is 0.120 e. The van der Waals surface area contributed by atoms with Crippen LogP contribution in [0.4, 0.5) is 5.69 Å². The Hall–Kier alpha value is -1.18. The molecule has 3 unspecified atom stereocenters. The van der Waals surface area contributed by atoms with Crippen LogP contribution in [0.2, 0.25) is 0 Å². The number of hydrogen-bond donors (Lipinski definition) is 2. The van der Waals surface area contributed by atoms with Gasteiger partial charge in [-0.3, -0.25) is 0 Å². The molecule has 2 saturated carbocycles. The predicted molar refractivity (Wildman–Crippen MR) is 79.6 cm³/mol. The molecule has 0 amide bonds. The van der Waals surface area contributed by atoms with E-state index in [1.54, 1.807) is 0 Å². The van der Waals surface area contributed by atoms with E-state index in [1.165, 1.54) is 44.9 Å². The molecule has 0 aromatic heterocycles. The maximum atomic E-state index is 9.78. The van der Waals surface area contributed by atoms with E-state index in [0.29, 0.717) is 11.8 Å². The summed E-state index contributed by atoms with van der Waals surface area (Å²) in [4.78, 5) is 0. The van der Waals surface area contributed by atoms with Crippen LogP contribution in [0.3, 0.4) is 0 Å². The third-order valence-electron chi connectivity index (χ3n) is 5.12. The number of aromatic hydroxyl groups is 1. The van der Waals surface area contributed by atoms with E-state index in [4.69, 9.17) is 0 Å². The fourth-order valence-corrected chi connectivity index (χ4v) is 3.94. The molecule has 1 aromatic carbocycles. The molecular weight excluding hydrogens is 234 g/mol. The standard InChI is InChI=1S/C17H25NO/c1-12-6-8-16(11-17(12)19)18-15-9-7-13-4-2-3-5-14(13)10-15/h6,8,11,13-15,18-19H,2-5,7,9-10H2,1H3. The van der Waals surface area contributed by atoms with Crippen molar-refractivity contribution in [1.29, 1.82) is 0 Å². The highest BCUT2D eigenvalue weighted by Crippen LogP contribution is 2.41. The molecule has 2 N–H and O–H groups in total. The van der Waals surface area contributed by atoms with E-state index in [9.17, 15) is 5.11 Å².